The summed E-state index contributed by atoms with van der Waals surface area (Å²) in [5.41, 5.74) is 0.920. The molecule has 0 saturated heterocycles. The molecule has 136 valence electrons. The average molecular weight is 347 g/mol. The van der Waals surface area contributed by atoms with Crippen LogP contribution in [0.4, 0.5) is 4.79 Å². The Kier molecular flexibility index (Phi) is 7.36. The van der Waals surface area contributed by atoms with Crippen LogP contribution in [0, 0.1) is 0 Å². The summed E-state index contributed by atoms with van der Waals surface area (Å²) >= 11 is 0. The standard InChI is InChI=1S/C19H25NO5/c1-6-13-8-7-9-14(10-13)16(11-15(21)12-17(22)24-5)20-18(23)25-19(2,3)4/h6-10,16H,1,11-12H2,2-5H3,(H,20,23). The number of Topliss-reactive ketones (excluding diaryl/α,β-unsaturated/α-hetero) is 1. The van der Waals surface area contributed by atoms with Crippen LogP contribution in [-0.4, -0.2) is 30.6 Å². The highest BCUT2D eigenvalue weighted by molar-refractivity contribution is 5.96. The summed E-state index contributed by atoms with van der Waals surface area (Å²) in [5.74, 6) is -0.947. The molecule has 1 rings (SSSR count). The summed E-state index contributed by atoms with van der Waals surface area (Å²) in [5, 5.41) is 2.69. The number of hydrogen-bond acceptors (Lipinski definition) is 5. The van der Waals surface area contributed by atoms with Gasteiger partial charge >= 0.3 is 12.1 Å². The number of esters is 1. The minimum absolute atomic E-state index is 0.0467. The van der Waals surface area contributed by atoms with Crippen LogP contribution in [0.25, 0.3) is 6.08 Å². The maximum atomic E-state index is 12.1. The molecule has 0 aromatic heterocycles. The van der Waals surface area contributed by atoms with Gasteiger partial charge in [0.05, 0.1) is 13.2 Å². The molecule has 6 nitrogen and oxygen atoms in total. The van der Waals surface area contributed by atoms with Crippen molar-refractivity contribution in [1.82, 2.24) is 5.32 Å². The second kappa shape index (κ2) is 9.01. The van der Waals surface area contributed by atoms with Crippen LogP contribution in [0.3, 0.4) is 0 Å². The molecule has 0 heterocycles. The molecule has 0 aliphatic rings. The van der Waals surface area contributed by atoms with Crippen molar-refractivity contribution in [2.24, 2.45) is 0 Å². The fraction of sp³-hybridized carbons (Fsp3) is 0.421. The lowest BCUT2D eigenvalue weighted by Crippen LogP contribution is -2.36. The van der Waals surface area contributed by atoms with E-state index in [-0.39, 0.29) is 18.6 Å². The quantitative estimate of drug-likeness (QED) is 0.604. The fourth-order valence-electron chi connectivity index (χ4n) is 2.14. The third kappa shape index (κ3) is 7.65. The summed E-state index contributed by atoms with van der Waals surface area (Å²) in [4.78, 5) is 35.5. The van der Waals surface area contributed by atoms with Crippen molar-refractivity contribution in [3.63, 3.8) is 0 Å². The highest BCUT2D eigenvalue weighted by Crippen LogP contribution is 2.21. The normalized spacial score (nSPS) is 12.0. The van der Waals surface area contributed by atoms with Gasteiger partial charge in [-0.15, -0.1) is 0 Å². The highest BCUT2D eigenvalue weighted by Gasteiger charge is 2.23. The van der Waals surface area contributed by atoms with Crippen molar-refractivity contribution in [2.45, 2.75) is 45.3 Å². The highest BCUT2D eigenvalue weighted by atomic mass is 16.6. The van der Waals surface area contributed by atoms with Crippen molar-refractivity contribution in [2.75, 3.05) is 7.11 Å². The molecule has 1 aromatic rings. The molecule has 0 bridgehead atoms. The second-order valence-corrected chi connectivity index (χ2v) is 6.57. The second-order valence-electron chi connectivity index (χ2n) is 6.57. The van der Waals surface area contributed by atoms with E-state index in [2.05, 4.69) is 16.6 Å². The van der Waals surface area contributed by atoms with E-state index in [1.807, 2.05) is 12.1 Å². The molecule has 1 aromatic carbocycles. The van der Waals surface area contributed by atoms with Gasteiger partial charge in [-0.05, 0) is 38.0 Å². The Morgan fingerprint density at radius 2 is 1.96 bits per heavy atom. The number of rotatable bonds is 7. The molecule has 0 aliphatic heterocycles. The Morgan fingerprint density at radius 3 is 2.52 bits per heavy atom. The number of ether oxygens (including phenoxy) is 2. The molecule has 1 amide bonds. The number of ketones is 1. The van der Waals surface area contributed by atoms with Gasteiger partial charge in [-0.2, -0.15) is 0 Å². The summed E-state index contributed by atoms with van der Waals surface area (Å²) in [6, 6.07) is 6.66. The largest absolute Gasteiger partial charge is 0.469 e. The van der Waals surface area contributed by atoms with E-state index in [4.69, 9.17) is 4.74 Å². The van der Waals surface area contributed by atoms with E-state index in [9.17, 15) is 14.4 Å². The molecule has 0 fully saturated rings. The Bertz CT molecular complexity index is 645. The summed E-state index contributed by atoms with van der Waals surface area (Å²) in [6.45, 7) is 8.97. The maximum Gasteiger partial charge on any atom is 0.408 e. The van der Waals surface area contributed by atoms with E-state index in [0.717, 1.165) is 11.1 Å². The first-order valence-corrected chi connectivity index (χ1v) is 7.95. The number of nitrogens with one attached hydrogen (secondary N) is 1. The first kappa shape index (κ1) is 20.4. The van der Waals surface area contributed by atoms with Crippen LogP contribution < -0.4 is 5.32 Å². The van der Waals surface area contributed by atoms with E-state index in [1.54, 1.807) is 39.0 Å². The van der Waals surface area contributed by atoms with Gasteiger partial charge in [0.15, 0.2) is 0 Å². The predicted molar refractivity (Wildman–Crippen MR) is 94.9 cm³/mol. The zero-order chi connectivity index (χ0) is 19.0. The molecule has 1 unspecified atom stereocenters. The number of methoxy groups -OCH3 is 1. The Balaban J connectivity index is 2.96. The molecule has 25 heavy (non-hydrogen) atoms. The molecule has 1 N–H and O–H groups in total. The summed E-state index contributed by atoms with van der Waals surface area (Å²) < 4.78 is 9.76. The van der Waals surface area contributed by atoms with Gasteiger partial charge in [0.25, 0.3) is 0 Å². The zero-order valence-corrected chi connectivity index (χ0v) is 15.1. The monoisotopic (exact) mass is 347 g/mol. The Morgan fingerprint density at radius 1 is 1.28 bits per heavy atom. The number of alkyl carbamates (subject to hydrolysis) is 1. The summed E-state index contributed by atoms with van der Waals surface area (Å²) in [7, 11) is 1.22. The third-order valence-electron chi connectivity index (χ3n) is 3.24. The van der Waals surface area contributed by atoms with Crippen molar-refractivity contribution < 1.29 is 23.9 Å². The average Bonchev–Trinajstić information content (AvgIpc) is 2.52. The Labute approximate surface area is 148 Å². The van der Waals surface area contributed by atoms with Gasteiger partial charge in [-0.1, -0.05) is 30.9 Å². The van der Waals surface area contributed by atoms with Gasteiger partial charge in [0.1, 0.15) is 17.8 Å². The molecule has 0 aliphatic carbocycles. The van der Waals surface area contributed by atoms with Gasteiger partial charge in [0.2, 0.25) is 0 Å². The number of carbonyl (C=O) groups is 3. The molecule has 1 atom stereocenters. The SMILES string of the molecule is C=Cc1cccc(C(CC(=O)CC(=O)OC)NC(=O)OC(C)(C)C)c1. The number of amides is 1. The molecular formula is C19H25NO5. The lowest BCUT2D eigenvalue weighted by molar-refractivity contribution is -0.143. The number of hydrogen-bond donors (Lipinski definition) is 1. The number of carbonyl (C=O) groups excluding carboxylic acids is 3. The fourth-order valence-corrected chi connectivity index (χ4v) is 2.14. The first-order chi connectivity index (χ1) is 11.6. The predicted octanol–water partition coefficient (Wildman–Crippen LogP) is 3.42. The van der Waals surface area contributed by atoms with E-state index < -0.39 is 23.7 Å². The zero-order valence-electron chi connectivity index (χ0n) is 15.1. The van der Waals surface area contributed by atoms with Gasteiger partial charge in [-0.3, -0.25) is 9.59 Å². The Hall–Kier alpha value is -2.63. The smallest absolute Gasteiger partial charge is 0.408 e. The van der Waals surface area contributed by atoms with Crippen molar-refractivity contribution >= 4 is 23.9 Å². The molecule has 0 saturated carbocycles. The maximum absolute atomic E-state index is 12.1. The minimum atomic E-state index is -0.659. The summed E-state index contributed by atoms with van der Waals surface area (Å²) in [6.07, 6.45) is 0.649. The molecular weight excluding hydrogens is 322 g/mol. The van der Waals surface area contributed by atoms with Crippen LogP contribution >= 0.6 is 0 Å². The molecule has 0 spiro atoms. The van der Waals surface area contributed by atoms with E-state index in [0.29, 0.717) is 0 Å². The van der Waals surface area contributed by atoms with Crippen LogP contribution in [0.1, 0.15) is 50.8 Å². The lowest BCUT2D eigenvalue weighted by atomic mass is 9.98. The molecule has 6 heteroatoms. The van der Waals surface area contributed by atoms with Gasteiger partial charge in [-0.25, -0.2) is 4.79 Å². The van der Waals surface area contributed by atoms with Crippen LogP contribution in [0.5, 0.6) is 0 Å². The number of benzene rings is 1. The van der Waals surface area contributed by atoms with Crippen LogP contribution in [0.2, 0.25) is 0 Å². The van der Waals surface area contributed by atoms with Gasteiger partial charge in [0, 0.05) is 6.42 Å². The van der Waals surface area contributed by atoms with Crippen molar-refractivity contribution in [1.29, 1.82) is 0 Å². The van der Waals surface area contributed by atoms with Crippen molar-refractivity contribution in [3.05, 3.63) is 42.0 Å². The molecule has 0 radical (unpaired) electrons. The topological polar surface area (TPSA) is 81.7 Å². The van der Waals surface area contributed by atoms with Gasteiger partial charge < -0.3 is 14.8 Å². The van der Waals surface area contributed by atoms with E-state index >= 15 is 0 Å². The minimum Gasteiger partial charge on any atom is -0.469 e. The van der Waals surface area contributed by atoms with Crippen LogP contribution in [-0.2, 0) is 19.1 Å². The first-order valence-electron chi connectivity index (χ1n) is 7.95. The third-order valence-corrected chi connectivity index (χ3v) is 3.24. The van der Waals surface area contributed by atoms with E-state index in [1.165, 1.54) is 7.11 Å². The van der Waals surface area contributed by atoms with Crippen molar-refractivity contribution in [3.8, 4) is 0 Å². The lowest BCUT2D eigenvalue weighted by Gasteiger charge is -2.24. The van der Waals surface area contributed by atoms with Crippen LogP contribution in [0.15, 0.2) is 30.8 Å².